The summed E-state index contributed by atoms with van der Waals surface area (Å²) in [4.78, 5) is 10.1. The van der Waals surface area contributed by atoms with Crippen molar-refractivity contribution < 1.29 is 9.18 Å². The Morgan fingerprint density at radius 1 is 1.50 bits per heavy atom. The van der Waals surface area contributed by atoms with Gasteiger partial charge in [0.25, 0.3) is 0 Å². The first-order valence-corrected chi connectivity index (χ1v) is 2.74. The van der Waals surface area contributed by atoms with Crippen LogP contribution in [0.1, 0.15) is 10.4 Å². The molecule has 0 bridgehead atoms. The van der Waals surface area contributed by atoms with Gasteiger partial charge >= 0.3 is 0 Å². The molecule has 10 heavy (non-hydrogen) atoms. The quantitative estimate of drug-likeness (QED) is 0.402. The zero-order valence-corrected chi connectivity index (χ0v) is 5.17. The molecule has 0 heterocycles. The van der Waals surface area contributed by atoms with E-state index < -0.39 is 5.82 Å². The van der Waals surface area contributed by atoms with Gasteiger partial charge in [-0.2, -0.15) is 0 Å². The van der Waals surface area contributed by atoms with Gasteiger partial charge in [-0.1, -0.05) is 11.5 Å². The number of halogens is 1. The Morgan fingerprint density at radius 2 is 2.20 bits per heavy atom. The monoisotopic (exact) mass is 134 g/mol. The van der Waals surface area contributed by atoms with Crippen LogP contribution in [0.25, 0.3) is 0 Å². The standard InChI is InChI=1S/C7H4BFO/c8-7-2-1-6(9)3-5(7)4-10/h1-4H. The third-order valence-corrected chi connectivity index (χ3v) is 1.18. The predicted octanol–water partition coefficient (Wildman–Crippen LogP) is 0.432. The van der Waals surface area contributed by atoms with Crippen molar-refractivity contribution in [3.05, 3.63) is 29.6 Å². The van der Waals surface area contributed by atoms with Crippen LogP contribution in [0.4, 0.5) is 4.39 Å². The molecular formula is C7H4BFO. The molecule has 0 aliphatic rings. The number of aldehydes is 1. The summed E-state index contributed by atoms with van der Waals surface area (Å²) in [5.41, 5.74) is 0.497. The minimum Gasteiger partial charge on any atom is -0.298 e. The first-order chi connectivity index (χ1) is 4.74. The van der Waals surface area contributed by atoms with E-state index in [1.807, 2.05) is 0 Å². The lowest BCUT2D eigenvalue weighted by Crippen LogP contribution is -2.09. The van der Waals surface area contributed by atoms with E-state index in [9.17, 15) is 9.18 Å². The molecule has 1 rings (SSSR count). The molecule has 0 unspecified atom stereocenters. The van der Waals surface area contributed by atoms with Crippen molar-refractivity contribution in [2.24, 2.45) is 0 Å². The molecule has 0 N–H and O–H groups in total. The topological polar surface area (TPSA) is 17.1 Å². The highest BCUT2D eigenvalue weighted by Gasteiger charge is 1.96. The highest BCUT2D eigenvalue weighted by atomic mass is 19.1. The third kappa shape index (κ3) is 1.24. The first-order valence-electron chi connectivity index (χ1n) is 2.74. The minimum atomic E-state index is -0.448. The second-order valence-electron chi connectivity index (χ2n) is 1.89. The number of hydrogen-bond acceptors (Lipinski definition) is 1. The molecular weight excluding hydrogens is 130 g/mol. The number of benzene rings is 1. The van der Waals surface area contributed by atoms with E-state index in [-0.39, 0.29) is 5.56 Å². The molecule has 0 aliphatic heterocycles. The minimum absolute atomic E-state index is 0.194. The number of rotatable bonds is 1. The van der Waals surface area contributed by atoms with Gasteiger partial charge in [-0.15, -0.1) is 0 Å². The second-order valence-corrected chi connectivity index (χ2v) is 1.89. The van der Waals surface area contributed by atoms with Crippen molar-refractivity contribution in [2.45, 2.75) is 0 Å². The zero-order chi connectivity index (χ0) is 7.56. The van der Waals surface area contributed by atoms with Crippen LogP contribution < -0.4 is 5.46 Å². The van der Waals surface area contributed by atoms with Gasteiger partial charge < -0.3 is 0 Å². The Bertz CT molecular complexity index is 260. The number of hydrogen-bond donors (Lipinski definition) is 0. The Balaban J connectivity index is 3.21. The fourth-order valence-electron chi connectivity index (χ4n) is 0.648. The third-order valence-electron chi connectivity index (χ3n) is 1.18. The van der Waals surface area contributed by atoms with Crippen LogP contribution in [0.3, 0.4) is 0 Å². The predicted molar refractivity (Wildman–Crippen MR) is 37.2 cm³/mol. The smallest absolute Gasteiger partial charge is 0.149 e. The summed E-state index contributed by atoms with van der Waals surface area (Å²) in [6.07, 6.45) is 0.526. The Kier molecular flexibility index (Phi) is 1.85. The van der Waals surface area contributed by atoms with Gasteiger partial charge in [-0.25, -0.2) is 4.39 Å². The van der Waals surface area contributed by atoms with Crippen molar-refractivity contribution >= 4 is 19.6 Å². The van der Waals surface area contributed by atoms with E-state index in [1.165, 1.54) is 12.1 Å². The van der Waals surface area contributed by atoms with Crippen LogP contribution in [-0.4, -0.2) is 14.1 Å². The van der Waals surface area contributed by atoms with Crippen LogP contribution in [0, 0.1) is 5.82 Å². The van der Waals surface area contributed by atoms with Gasteiger partial charge in [-0.3, -0.25) is 4.79 Å². The van der Waals surface area contributed by atoms with Crippen LogP contribution in [0.15, 0.2) is 18.2 Å². The van der Waals surface area contributed by atoms with Crippen molar-refractivity contribution in [2.75, 3.05) is 0 Å². The zero-order valence-electron chi connectivity index (χ0n) is 5.17. The molecule has 2 radical (unpaired) electrons. The normalized spacial score (nSPS) is 9.30. The SMILES string of the molecule is [B]c1ccc(F)cc1C=O. The lowest BCUT2D eigenvalue weighted by atomic mass is 9.91. The highest BCUT2D eigenvalue weighted by molar-refractivity contribution is 6.35. The summed E-state index contributed by atoms with van der Waals surface area (Å²) in [7, 11) is 5.30. The largest absolute Gasteiger partial charge is 0.298 e. The van der Waals surface area contributed by atoms with Gasteiger partial charge in [0.15, 0.2) is 0 Å². The molecule has 48 valence electrons. The summed E-state index contributed by atoms with van der Waals surface area (Å²) in [5.74, 6) is -0.448. The van der Waals surface area contributed by atoms with E-state index in [0.717, 1.165) is 6.07 Å². The van der Waals surface area contributed by atoms with Crippen LogP contribution in [0.2, 0.25) is 0 Å². The lowest BCUT2D eigenvalue weighted by molar-refractivity contribution is 0.112. The average Bonchev–Trinajstić information content (AvgIpc) is 1.94. The highest BCUT2D eigenvalue weighted by Crippen LogP contribution is 1.96. The van der Waals surface area contributed by atoms with E-state index in [1.54, 1.807) is 0 Å². The van der Waals surface area contributed by atoms with E-state index in [2.05, 4.69) is 0 Å². The molecule has 0 aromatic heterocycles. The molecule has 1 nitrogen and oxygen atoms in total. The second kappa shape index (κ2) is 2.65. The number of carbonyl (C=O) groups excluding carboxylic acids is 1. The van der Waals surface area contributed by atoms with Gasteiger partial charge in [-0.05, 0) is 12.1 Å². The summed E-state index contributed by atoms with van der Waals surface area (Å²) < 4.78 is 12.3. The first kappa shape index (κ1) is 7.00. The molecule has 0 fully saturated rings. The maximum atomic E-state index is 12.3. The molecule has 0 aliphatic carbocycles. The fourth-order valence-corrected chi connectivity index (χ4v) is 0.648. The molecule has 0 saturated heterocycles. The average molecular weight is 134 g/mol. The summed E-state index contributed by atoms with van der Waals surface area (Å²) in [6.45, 7) is 0. The molecule has 0 atom stereocenters. The molecule has 0 amide bonds. The van der Waals surface area contributed by atoms with E-state index in [4.69, 9.17) is 7.85 Å². The van der Waals surface area contributed by atoms with Crippen LogP contribution >= 0.6 is 0 Å². The van der Waals surface area contributed by atoms with Crippen molar-refractivity contribution in [3.8, 4) is 0 Å². The summed E-state index contributed by atoms with van der Waals surface area (Å²) >= 11 is 0. The Hall–Kier alpha value is -1.12. The Labute approximate surface area is 59.3 Å². The van der Waals surface area contributed by atoms with Crippen LogP contribution in [-0.2, 0) is 0 Å². The maximum Gasteiger partial charge on any atom is 0.149 e. The van der Waals surface area contributed by atoms with Crippen molar-refractivity contribution in [3.63, 3.8) is 0 Å². The number of carbonyl (C=O) groups is 1. The summed E-state index contributed by atoms with van der Waals surface area (Å²) in [5, 5.41) is 0. The maximum absolute atomic E-state index is 12.3. The van der Waals surface area contributed by atoms with E-state index >= 15 is 0 Å². The van der Waals surface area contributed by atoms with Crippen molar-refractivity contribution in [1.29, 1.82) is 0 Å². The van der Waals surface area contributed by atoms with Gasteiger partial charge in [0, 0.05) is 5.56 Å². The molecule has 3 heteroatoms. The van der Waals surface area contributed by atoms with Gasteiger partial charge in [0.1, 0.15) is 19.9 Å². The lowest BCUT2D eigenvalue weighted by Gasteiger charge is -1.95. The summed E-state index contributed by atoms with van der Waals surface area (Å²) in [6, 6.07) is 3.67. The van der Waals surface area contributed by atoms with Crippen LogP contribution in [0.5, 0.6) is 0 Å². The Morgan fingerprint density at radius 3 is 2.70 bits per heavy atom. The molecule has 1 aromatic rings. The fraction of sp³-hybridized carbons (Fsp3) is 0. The van der Waals surface area contributed by atoms with Gasteiger partial charge in [0.2, 0.25) is 0 Å². The molecule has 0 spiro atoms. The molecule has 0 saturated carbocycles. The van der Waals surface area contributed by atoms with E-state index in [0.29, 0.717) is 11.7 Å². The molecule has 1 aromatic carbocycles. The van der Waals surface area contributed by atoms with Crippen molar-refractivity contribution in [1.82, 2.24) is 0 Å². The van der Waals surface area contributed by atoms with Gasteiger partial charge in [0.05, 0.1) is 0 Å².